The van der Waals surface area contributed by atoms with Crippen molar-refractivity contribution in [2.45, 2.75) is 18.9 Å². The largest absolute Gasteiger partial charge is 0.352 e. The Hall–Kier alpha value is -2.14. The topological polar surface area (TPSA) is 58.2 Å². The van der Waals surface area contributed by atoms with Crippen molar-refractivity contribution in [1.82, 2.24) is 10.6 Å². The number of thiophene rings is 1. The van der Waals surface area contributed by atoms with E-state index < -0.39 is 0 Å². The van der Waals surface area contributed by atoms with Crippen LogP contribution in [0.4, 0.5) is 0 Å². The first kappa shape index (κ1) is 13.8. The summed E-state index contributed by atoms with van der Waals surface area (Å²) in [5.74, 6) is -0.321. The van der Waals surface area contributed by atoms with Crippen molar-refractivity contribution in [2.75, 3.05) is 6.54 Å². The summed E-state index contributed by atoms with van der Waals surface area (Å²) in [4.78, 5) is 24.5. The van der Waals surface area contributed by atoms with Gasteiger partial charge in [-0.25, -0.2) is 0 Å². The fourth-order valence-electron chi connectivity index (χ4n) is 2.08. The van der Waals surface area contributed by atoms with Crippen molar-refractivity contribution in [3.63, 3.8) is 0 Å². The Labute approximate surface area is 127 Å². The minimum atomic E-state index is -0.199. The summed E-state index contributed by atoms with van der Waals surface area (Å²) in [6.45, 7) is 0.0292. The molecule has 108 valence electrons. The third kappa shape index (κ3) is 3.49. The second-order valence-corrected chi connectivity index (χ2v) is 5.97. The molecule has 4 nitrogen and oxygen atoms in total. The highest BCUT2D eigenvalue weighted by molar-refractivity contribution is 7.12. The molecule has 2 N–H and O–H groups in total. The average molecular weight is 300 g/mol. The van der Waals surface area contributed by atoms with Crippen LogP contribution in [0.5, 0.6) is 0 Å². The van der Waals surface area contributed by atoms with Crippen molar-refractivity contribution < 1.29 is 9.59 Å². The summed E-state index contributed by atoms with van der Waals surface area (Å²) in [5.41, 5.74) is 1.91. The van der Waals surface area contributed by atoms with Crippen LogP contribution in [-0.4, -0.2) is 24.4 Å². The Morgan fingerprint density at radius 3 is 2.62 bits per heavy atom. The average Bonchev–Trinajstić information content (AvgIpc) is 3.18. The van der Waals surface area contributed by atoms with E-state index in [-0.39, 0.29) is 18.4 Å². The molecule has 1 aliphatic rings. The zero-order valence-corrected chi connectivity index (χ0v) is 12.3. The molecule has 2 amide bonds. The maximum absolute atomic E-state index is 12.2. The second kappa shape index (κ2) is 6.10. The second-order valence-electron chi connectivity index (χ2n) is 5.05. The van der Waals surface area contributed by atoms with Gasteiger partial charge < -0.3 is 10.6 Å². The predicted molar refractivity (Wildman–Crippen MR) is 83.3 cm³/mol. The van der Waals surface area contributed by atoms with Gasteiger partial charge in [0.15, 0.2) is 0 Å². The molecule has 0 spiro atoms. The Bertz CT molecular complexity index is 647. The highest BCUT2D eigenvalue weighted by Gasteiger charge is 2.23. The number of carbonyl (C=O) groups is 2. The minimum Gasteiger partial charge on any atom is -0.352 e. The van der Waals surface area contributed by atoms with Crippen LogP contribution in [0.25, 0.3) is 11.1 Å². The van der Waals surface area contributed by atoms with Gasteiger partial charge in [0.2, 0.25) is 5.91 Å². The smallest absolute Gasteiger partial charge is 0.262 e. The first-order valence-corrected chi connectivity index (χ1v) is 7.82. The zero-order valence-electron chi connectivity index (χ0n) is 11.5. The van der Waals surface area contributed by atoms with Gasteiger partial charge in [-0.05, 0) is 29.9 Å². The molecular weight excluding hydrogens is 284 g/mol. The molecule has 0 bridgehead atoms. The van der Waals surface area contributed by atoms with Crippen molar-refractivity contribution in [1.29, 1.82) is 0 Å². The molecule has 0 radical (unpaired) electrons. The molecule has 3 rings (SSSR count). The summed E-state index contributed by atoms with van der Waals surface area (Å²) >= 11 is 1.39. The van der Waals surface area contributed by atoms with Gasteiger partial charge in [-0.1, -0.05) is 30.3 Å². The van der Waals surface area contributed by atoms with Gasteiger partial charge in [-0.15, -0.1) is 11.3 Å². The van der Waals surface area contributed by atoms with Crippen LogP contribution in [0.2, 0.25) is 0 Å². The molecule has 1 saturated carbocycles. The lowest BCUT2D eigenvalue weighted by Crippen LogP contribution is -2.37. The van der Waals surface area contributed by atoms with Crippen molar-refractivity contribution in [2.24, 2.45) is 0 Å². The molecule has 1 aromatic heterocycles. The van der Waals surface area contributed by atoms with E-state index in [2.05, 4.69) is 10.6 Å². The molecular formula is C16H16N2O2S. The van der Waals surface area contributed by atoms with Crippen molar-refractivity contribution >= 4 is 23.2 Å². The molecule has 1 aliphatic carbocycles. The number of hydrogen-bond donors (Lipinski definition) is 2. The molecule has 0 atom stereocenters. The van der Waals surface area contributed by atoms with E-state index in [1.165, 1.54) is 11.3 Å². The van der Waals surface area contributed by atoms with E-state index in [4.69, 9.17) is 0 Å². The molecule has 0 saturated heterocycles. The van der Waals surface area contributed by atoms with Crippen LogP contribution >= 0.6 is 11.3 Å². The lowest BCUT2D eigenvalue weighted by atomic mass is 10.1. The van der Waals surface area contributed by atoms with Gasteiger partial charge in [-0.2, -0.15) is 0 Å². The van der Waals surface area contributed by atoms with Crippen LogP contribution in [0.3, 0.4) is 0 Å². The standard InChI is InChI=1S/C16H16N2O2S/c19-14(18-12-6-7-12)10-17-16(20)15-13(8-9-21-15)11-4-2-1-3-5-11/h1-5,8-9,12H,6-7,10H2,(H,17,20)(H,18,19). The van der Waals surface area contributed by atoms with E-state index in [9.17, 15) is 9.59 Å². The van der Waals surface area contributed by atoms with E-state index in [1.54, 1.807) is 0 Å². The minimum absolute atomic E-state index is 0.0292. The monoisotopic (exact) mass is 300 g/mol. The van der Waals surface area contributed by atoms with Crippen LogP contribution in [0.1, 0.15) is 22.5 Å². The molecule has 1 aromatic carbocycles. The maximum Gasteiger partial charge on any atom is 0.262 e. The fourth-order valence-corrected chi connectivity index (χ4v) is 2.91. The molecule has 5 heteroatoms. The van der Waals surface area contributed by atoms with E-state index in [1.807, 2.05) is 41.8 Å². The molecule has 0 aliphatic heterocycles. The van der Waals surface area contributed by atoms with Crippen LogP contribution in [0, 0.1) is 0 Å². The number of amides is 2. The van der Waals surface area contributed by atoms with Gasteiger partial charge in [0.05, 0.1) is 11.4 Å². The van der Waals surface area contributed by atoms with E-state index in [0.29, 0.717) is 10.9 Å². The normalized spacial score (nSPS) is 13.7. The number of carbonyl (C=O) groups excluding carboxylic acids is 2. The number of nitrogens with one attached hydrogen (secondary N) is 2. The molecule has 0 unspecified atom stereocenters. The van der Waals surface area contributed by atoms with Crippen LogP contribution in [0.15, 0.2) is 41.8 Å². The summed E-state index contributed by atoms with van der Waals surface area (Å²) in [6, 6.07) is 12.0. The van der Waals surface area contributed by atoms with E-state index in [0.717, 1.165) is 24.0 Å². The fraction of sp³-hybridized carbons (Fsp3) is 0.250. The highest BCUT2D eigenvalue weighted by Crippen LogP contribution is 2.27. The lowest BCUT2D eigenvalue weighted by Gasteiger charge is -2.07. The van der Waals surface area contributed by atoms with Gasteiger partial charge in [0.1, 0.15) is 0 Å². The van der Waals surface area contributed by atoms with Gasteiger partial charge in [0.25, 0.3) is 5.91 Å². The van der Waals surface area contributed by atoms with Crippen molar-refractivity contribution in [3.8, 4) is 11.1 Å². The number of hydrogen-bond acceptors (Lipinski definition) is 3. The number of benzene rings is 1. The third-order valence-corrected chi connectivity index (χ3v) is 4.22. The van der Waals surface area contributed by atoms with Crippen molar-refractivity contribution in [3.05, 3.63) is 46.7 Å². The Kier molecular flexibility index (Phi) is 4.01. The van der Waals surface area contributed by atoms with Gasteiger partial charge in [-0.3, -0.25) is 9.59 Å². The number of rotatable bonds is 5. The maximum atomic E-state index is 12.2. The SMILES string of the molecule is O=C(CNC(=O)c1sccc1-c1ccccc1)NC1CC1. The predicted octanol–water partition coefficient (Wildman–Crippen LogP) is 2.42. The first-order chi connectivity index (χ1) is 10.2. The van der Waals surface area contributed by atoms with Crippen LogP contribution in [-0.2, 0) is 4.79 Å². The summed E-state index contributed by atoms with van der Waals surface area (Å²) in [6.07, 6.45) is 2.09. The summed E-state index contributed by atoms with van der Waals surface area (Å²) in [7, 11) is 0. The Morgan fingerprint density at radius 1 is 1.14 bits per heavy atom. The van der Waals surface area contributed by atoms with Gasteiger partial charge in [0, 0.05) is 11.6 Å². The molecule has 2 aromatic rings. The lowest BCUT2D eigenvalue weighted by molar-refractivity contribution is -0.120. The molecule has 1 heterocycles. The van der Waals surface area contributed by atoms with E-state index >= 15 is 0 Å². The third-order valence-electron chi connectivity index (χ3n) is 3.31. The Balaban J connectivity index is 1.65. The summed E-state index contributed by atoms with van der Waals surface area (Å²) in [5, 5.41) is 7.43. The Morgan fingerprint density at radius 2 is 1.90 bits per heavy atom. The highest BCUT2D eigenvalue weighted by atomic mass is 32.1. The first-order valence-electron chi connectivity index (χ1n) is 6.94. The van der Waals surface area contributed by atoms with Crippen LogP contribution < -0.4 is 10.6 Å². The van der Waals surface area contributed by atoms with Gasteiger partial charge >= 0.3 is 0 Å². The zero-order chi connectivity index (χ0) is 14.7. The summed E-state index contributed by atoms with van der Waals surface area (Å²) < 4.78 is 0. The quantitative estimate of drug-likeness (QED) is 0.891. The molecule has 21 heavy (non-hydrogen) atoms. The molecule has 1 fully saturated rings.